The third-order valence-electron chi connectivity index (χ3n) is 4.13. The van der Waals surface area contributed by atoms with Crippen LogP contribution in [0.5, 0.6) is 0 Å². The fourth-order valence-electron chi connectivity index (χ4n) is 2.99. The second-order valence-corrected chi connectivity index (χ2v) is 5.88. The number of amides is 1. The molecule has 1 aromatic heterocycles. The molecule has 0 radical (unpaired) electrons. The smallest absolute Gasteiger partial charge is 0.407 e. The molecule has 0 spiro atoms. The minimum atomic E-state index is -0.852. The number of anilines is 1. The van der Waals surface area contributed by atoms with Gasteiger partial charge in [-0.2, -0.15) is 0 Å². The minimum Gasteiger partial charge on any atom is -0.465 e. The van der Waals surface area contributed by atoms with Crippen LogP contribution in [0.4, 0.5) is 10.7 Å². The molecule has 0 bridgehead atoms. The van der Waals surface area contributed by atoms with Gasteiger partial charge in [0.1, 0.15) is 0 Å². The maximum absolute atomic E-state index is 11.2. The lowest BCUT2D eigenvalue weighted by Crippen LogP contribution is -2.58. The maximum atomic E-state index is 11.2. The van der Waals surface area contributed by atoms with E-state index in [1.807, 2.05) is 26.2 Å². The van der Waals surface area contributed by atoms with Crippen molar-refractivity contribution in [3.8, 4) is 0 Å². The predicted molar refractivity (Wildman–Crippen MR) is 75.0 cm³/mol. The number of nitrogens with zero attached hydrogens (tertiary/aromatic N) is 4. The number of carbonyl (C=O) groups is 1. The first-order chi connectivity index (χ1) is 9.56. The second kappa shape index (κ2) is 4.92. The SMILES string of the molecule is CC1CN(c2ncc(C3CC3)cn2)CC(C)N1C(=O)O. The lowest BCUT2D eigenvalue weighted by atomic mass is 10.1. The van der Waals surface area contributed by atoms with Gasteiger partial charge in [0.25, 0.3) is 0 Å². The van der Waals surface area contributed by atoms with Crippen LogP contribution in [-0.4, -0.2) is 51.2 Å². The van der Waals surface area contributed by atoms with Gasteiger partial charge in [-0.05, 0) is 38.2 Å². The molecule has 6 heteroatoms. The monoisotopic (exact) mass is 276 g/mol. The van der Waals surface area contributed by atoms with Gasteiger partial charge in [0, 0.05) is 25.5 Å². The van der Waals surface area contributed by atoms with Crippen LogP contribution in [0.25, 0.3) is 0 Å². The maximum Gasteiger partial charge on any atom is 0.407 e. The molecule has 2 fully saturated rings. The highest BCUT2D eigenvalue weighted by molar-refractivity contribution is 5.66. The Morgan fingerprint density at radius 3 is 2.20 bits per heavy atom. The first kappa shape index (κ1) is 13.1. The molecule has 1 amide bonds. The quantitative estimate of drug-likeness (QED) is 0.893. The highest BCUT2D eigenvalue weighted by Gasteiger charge is 2.34. The van der Waals surface area contributed by atoms with Gasteiger partial charge in [-0.15, -0.1) is 0 Å². The van der Waals surface area contributed by atoms with Crippen molar-refractivity contribution in [2.45, 2.75) is 44.7 Å². The number of carboxylic acid groups (broad SMARTS) is 1. The average molecular weight is 276 g/mol. The molecule has 20 heavy (non-hydrogen) atoms. The number of hydrogen-bond donors (Lipinski definition) is 1. The summed E-state index contributed by atoms with van der Waals surface area (Å²) in [4.78, 5) is 23.7. The molecule has 2 heterocycles. The molecule has 1 aromatic rings. The lowest BCUT2D eigenvalue weighted by molar-refractivity contribution is 0.0979. The number of rotatable bonds is 2. The molecular formula is C14H20N4O2. The molecular weight excluding hydrogens is 256 g/mol. The van der Waals surface area contributed by atoms with Gasteiger partial charge < -0.3 is 10.0 Å². The zero-order chi connectivity index (χ0) is 14.3. The Bertz CT molecular complexity index is 488. The van der Waals surface area contributed by atoms with E-state index in [1.54, 1.807) is 0 Å². The molecule has 108 valence electrons. The number of hydrogen-bond acceptors (Lipinski definition) is 4. The lowest BCUT2D eigenvalue weighted by Gasteiger charge is -2.42. The van der Waals surface area contributed by atoms with E-state index >= 15 is 0 Å². The van der Waals surface area contributed by atoms with E-state index in [0.717, 1.165) is 0 Å². The van der Waals surface area contributed by atoms with Crippen LogP contribution in [0.1, 0.15) is 38.2 Å². The standard InChI is InChI=1S/C14H20N4O2/c1-9-7-17(8-10(2)18(9)14(19)20)13-15-5-12(6-16-13)11-3-4-11/h5-6,9-11H,3-4,7-8H2,1-2H3,(H,19,20). The molecule has 1 aliphatic heterocycles. The van der Waals surface area contributed by atoms with Gasteiger partial charge >= 0.3 is 6.09 Å². The summed E-state index contributed by atoms with van der Waals surface area (Å²) in [6, 6.07) is -0.106. The summed E-state index contributed by atoms with van der Waals surface area (Å²) in [7, 11) is 0. The van der Waals surface area contributed by atoms with Gasteiger partial charge in [-0.25, -0.2) is 14.8 Å². The second-order valence-electron chi connectivity index (χ2n) is 5.88. The highest BCUT2D eigenvalue weighted by atomic mass is 16.4. The topological polar surface area (TPSA) is 69.6 Å². The summed E-state index contributed by atoms with van der Waals surface area (Å²) in [6.07, 6.45) is 5.47. The fraction of sp³-hybridized carbons (Fsp3) is 0.643. The first-order valence-corrected chi connectivity index (χ1v) is 7.14. The van der Waals surface area contributed by atoms with E-state index in [9.17, 15) is 9.90 Å². The van der Waals surface area contributed by atoms with Crippen LogP contribution in [0.2, 0.25) is 0 Å². The molecule has 2 unspecified atom stereocenters. The number of piperazine rings is 1. The molecule has 3 rings (SSSR count). The third kappa shape index (κ3) is 2.42. The van der Waals surface area contributed by atoms with Crippen LogP contribution in [-0.2, 0) is 0 Å². The van der Waals surface area contributed by atoms with E-state index in [-0.39, 0.29) is 12.1 Å². The van der Waals surface area contributed by atoms with Crippen molar-refractivity contribution in [1.29, 1.82) is 0 Å². The Morgan fingerprint density at radius 2 is 1.75 bits per heavy atom. The van der Waals surface area contributed by atoms with Crippen LogP contribution < -0.4 is 4.90 Å². The van der Waals surface area contributed by atoms with Crippen LogP contribution in [0, 0.1) is 0 Å². The number of aromatic nitrogens is 2. The fourth-order valence-corrected chi connectivity index (χ4v) is 2.99. The molecule has 1 saturated carbocycles. The summed E-state index contributed by atoms with van der Waals surface area (Å²) >= 11 is 0. The highest BCUT2D eigenvalue weighted by Crippen LogP contribution is 2.39. The summed E-state index contributed by atoms with van der Waals surface area (Å²) < 4.78 is 0. The van der Waals surface area contributed by atoms with Crippen molar-refractivity contribution in [2.75, 3.05) is 18.0 Å². The van der Waals surface area contributed by atoms with E-state index < -0.39 is 6.09 Å². The minimum absolute atomic E-state index is 0.0528. The van der Waals surface area contributed by atoms with Crippen molar-refractivity contribution in [1.82, 2.24) is 14.9 Å². The Balaban J connectivity index is 1.73. The van der Waals surface area contributed by atoms with E-state index in [2.05, 4.69) is 14.9 Å². The van der Waals surface area contributed by atoms with Crippen LogP contribution >= 0.6 is 0 Å². The van der Waals surface area contributed by atoms with Crippen LogP contribution in [0.15, 0.2) is 12.4 Å². The van der Waals surface area contributed by atoms with Gasteiger partial charge in [-0.1, -0.05) is 0 Å². The van der Waals surface area contributed by atoms with Crippen molar-refractivity contribution in [3.05, 3.63) is 18.0 Å². The van der Waals surface area contributed by atoms with Gasteiger partial charge in [-0.3, -0.25) is 4.90 Å². The normalized spacial score (nSPS) is 26.7. The van der Waals surface area contributed by atoms with E-state index in [0.29, 0.717) is 25.0 Å². The largest absolute Gasteiger partial charge is 0.465 e. The van der Waals surface area contributed by atoms with Crippen molar-refractivity contribution in [3.63, 3.8) is 0 Å². The first-order valence-electron chi connectivity index (χ1n) is 7.14. The summed E-state index contributed by atoms with van der Waals surface area (Å²) in [5.41, 5.74) is 1.22. The molecule has 1 aliphatic carbocycles. The van der Waals surface area contributed by atoms with E-state index in [1.165, 1.54) is 23.3 Å². The Kier molecular flexibility index (Phi) is 3.23. The molecule has 1 saturated heterocycles. The van der Waals surface area contributed by atoms with Crippen molar-refractivity contribution in [2.24, 2.45) is 0 Å². The summed E-state index contributed by atoms with van der Waals surface area (Å²) in [5, 5.41) is 9.22. The Labute approximate surface area is 118 Å². The molecule has 2 aliphatic rings. The van der Waals surface area contributed by atoms with Crippen molar-refractivity contribution >= 4 is 12.0 Å². The average Bonchev–Trinajstić information content (AvgIpc) is 3.22. The Hall–Kier alpha value is -1.85. The molecule has 6 nitrogen and oxygen atoms in total. The summed E-state index contributed by atoms with van der Waals surface area (Å²) in [5.74, 6) is 1.36. The van der Waals surface area contributed by atoms with Crippen LogP contribution in [0.3, 0.4) is 0 Å². The van der Waals surface area contributed by atoms with Gasteiger partial charge in [0.05, 0.1) is 12.1 Å². The Morgan fingerprint density at radius 1 is 1.20 bits per heavy atom. The predicted octanol–water partition coefficient (Wildman–Crippen LogP) is 1.93. The molecule has 1 N–H and O–H groups in total. The zero-order valence-corrected chi connectivity index (χ0v) is 11.9. The van der Waals surface area contributed by atoms with Gasteiger partial charge in [0.15, 0.2) is 0 Å². The summed E-state index contributed by atoms with van der Waals surface area (Å²) in [6.45, 7) is 5.13. The zero-order valence-electron chi connectivity index (χ0n) is 11.9. The molecule has 0 aromatic carbocycles. The van der Waals surface area contributed by atoms with Gasteiger partial charge in [0.2, 0.25) is 5.95 Å². The molecule has 2 atom stereocenters. The van der Waals surface area contributed by atoms with Crippen molar-refractivity contribution < 1.29 is 9.90 Å². The third-order valence-corrected chi connectivity index (χ3v) is 4.13. The van der Waals surface area contributed by atoms with E-state index in [4.69, 9.17) is 0 Å².